The topological polar surface area (TPSA) is 76.2 Å². The van der Waals surface area contributed by atoms with Gasteiger partial charge in [-0.1, -0.05) is 24.1 Å². The van der Waals surface area contributed by atoms with Crippen LogP contribution < -0.4 is 9.47 Å². The number of nitrogens with zero attached hydrogens (tertiary/aromatic N) is 2. The molecule has 0 radical (unpaired) electrons. The number of ether oxygens (including phenoxy) is 2. The van der Waals surface area contributed by atoms with E-state index in [9.17, 15) is 13.2 Å². The average molecular weight is 491 g/mol. The van der Waals surface area contributed by atoms with Crippen molar-refractivity contribution in [1.29, 1.82) is 0 Å². The Bertz CT molecular complexity index is 1160. The summed E-state index contributed by atoms with van der Waals surface area (Å²) in [5.74, 6) is 1.21. The number of piperidine rings is 1. The molecule has 0 aliphatic carbocycles. The highest BCUT2D eigenvalue weighted by Crippen LogP contribution is 2.39. The zero-order chi connectivity index (χ0) is 23.0. The second-order valence-electron chi connectivity index (χ2n) is 8.67. The molecule has 0 N–H and O–H groups in total. The van der Waals surface area contributed by atoms with Crippen LogP contribution in [0.5, 0.6) is 11.5 Å². The Morgan fingerprint density at radius 2 is 1.67 bits per heavy atom. The van der Waals surface area contributed by atoms with Gasteiger partial charge in [0.1, 0.15) is 18.1 Å². The molecule has 2 aromatic rings. The first kappa shape index (κ1) is 22.5. The van der Waals surface area contributed by atoms with Crippen molar-refractivity contribution in [2.75, 3.05) is 32.8 Å². The first-order valence-electron chi connectivity index (χ1n) is 11.5. The zero-order valence-electron chi connectivity index (χ0n) is 18.3. The first-order chi connectivity index (χ1) is 15.9. The second-order valence-corrected chi connectivity index (χ2v) is 11.0. The minimum absolute atomic E-state index is 0.00648. The van der Waals surface area contributed by atoms with Gasteiger partial charge < -0.3 is 14.4 Å². The van der Waals surface area contributed by atoms with E-state index in [4.69, 9.17) is 21.1 Å². The monoisotopic (exact) mass is 490 g/mol. The average Bonchev–Trinajstić information content (AvgIpc) is 3.34. The van der Waals surface area contributed by atoms with E-state index in [1.54, 1.807) is 6.07 Å². The van der Waals surface area contributed by atoms with Gasteiger partial charge in [-0.25, -0.2) is 8.42 Å². The molecule has 3 aliphatic rings. The third-order valence-corrected chi connectivity index (χ3v) is 8.96. The maximum Gasteiger partial charge on any atom is 0.254 e. The number of benzene rings is 2. The molecule has 2 saturated heterocycles. The predicted molar refractivity (Wildman–Crippen MR) is 125 cm³/mol. The Morgan fingerprint density at radius 3 is 2.45 bits per heavy atom. The Balaban J connectivity index is 1.42. The maximum absolute atomic E-state index is 13.5. The van der Waals surface area contributed by atoms with Gasteiger partial charge in [-0.15, -0.1) is 0 Å². The number of rotatable bonds is 4. The van der Waals surface area contributed by atoms with Gasteiger partial charge in [0.05, 0.1) is 11.1 Å². The Hall–Kier alpha value is -2.29. The van der Waals surface area contributed by atoms with Crippen molar-refractivity contribution in [3.8, 4) is 11.5 Å². The first-order valence-corrected chi connectivity index (χ1v) is 13.3. The summed E-state index contributed by atoms with van der Waals surface area (Å²) in [6.07, 6.45) is 4.39. The summed E-state index contributed by atoms with van der Waals surface area (Å²) >= 11 is 6.30. The summed E-state index contributed by atoms with van der Waals surface area (Å²) in [5, 5.41) is 0.141. The normalized spacial score (nSPS) is 21.2. The molecule has 3 aliphatic heterocycles. The summed E-state index contributed by atoms with van der Waals surface area (Å²) in [6.45, 7) is 2.60. The zero-order valence-corrected chi connectivity index (χ0v) is 19.9. The molecule has 5 rings (SSSR count). The lowest BCUT2D eigenvalue weighted by molar-refractivity contribution is 0.0735. The van der Waals surface area contributed by atoms with E-state index in [1.807, 2.05) is 23.1 Å². The Kier molecular flexibility index (Phi) is 6.24. The van der Waals surface area contributed by atoms with Crippen LogP contribution in [-0.2, 0) is 10.0 Å². The van der Waals surface area contributed by atoms with Gasteiger partial charge in [0.15, 0.2) is 11.5 Å². The molecule has 0 spiro atoms. The maximum atomic E-state index is 13.5. The molecule has 1 atom stereocenters. The van der Waals surface area contributed by atoms with E-state index in [0.29, 0.717) is 49.9 Å². The van der Waals surface area contributed by atoms with Crippen LogP contribution in [0.2, 0.25) is 5.02 Å². The van der Waals surface area contributed by atoms with E-state index >= 15 is 0 Å². The van der Waals surface area contributed by atoms with E-state index in [2.05, 4.69) is 0 Å². The minimum atomic E-state index is -3.75. The highest BCUT2D eigenvalue weighted by molar-refractivity contribution is 7.89. The van der Waals surface area contributed by atoms with Gasteiger partial charge in [0, 0.05) is 25.2 Å². The van der Waals surface area contributed by atoms with Crippen LogP contribution in [0.15, 0.2) is 41.3 Å². The van der Waals surface area contributed by atoms with Crippen LogP contribution in [0.1, 0.15) is 54.1 Å². The third kappa shape index (κ3) is 4.32. The van der Waals surface area contributed by atoms with Crippen LogP contribution >= 0.6 is 11.6 Å². The van der Waals surface area contributed by atoms with Gasteiger partial charge in [-0.3, -0.25) is 4.79 Å². The Labute approximate surface area is 199 Å². The molecule has 3 heterocycles. The quantitative estimate of drug-likeness (QED) is 0.640. The molecular formula is C24H27ClN2O5S. The van der Waals surface area contributed by atoms with Crippen molar-refractivity contribution in [2.45, 2.75) is 43.0 Å². The fourth-order valence-electron chi connectivity index (χ4n) is 4.87. The van der Waals surface area contributed by atoms with Gasteiger partial charge in [-0.2, -0.15) is 4.31 Å². The molecule has 7 nitrogen and oxygen atoms in total. The largest absolute Gasteiger partial charge is 0.486 e. The number of fused-ring (bicyclic) bond motifs is 1. The van der Waals surface area contributed by atoms with Crippen LogP contribution in [0.25, 0.3) is 0 Å². The summed E-state index contributed by atoms with van der Waals surface area (Å²) in [5.41, 5.74) is 1.32. The van der Waals surface area contributed by atoms with Gasteiger partial charge >= 0.3 is 0 Å². The van der Waals surface area contributed by atoms with E-state index in [1.165, 1.54) is 16.4 Å². The van der Waals surface area contributed by atoms with Crippen molar-refractivity contribution in [3.63, 3.8) is 0 Å². The number of amides is 1. The molecule has 2 fully saturated rings. The second kappa shape index (κ2) is 9.16. The van der Waals surface area contributed by atoms with Crippen molar-refractivity contribution < 1.29 is 22.7 Å². The van der Waals surface area contributed by atoms with Gasteiger partial charge in [0.25, 0.3) is 5.91 Å². The lowest BCUT2D eigenvalue weighted by Crippen LogP contribution is -2.36. The van der Waals surface area contributed by atoms with Crippen molar-refractivity contribution in [1.82, 2.24) is 9.21 Å². The van der Waals surface area contributed by atoms with Gasteiger partial charge in [0.2, 0.25) is 10.0 Å². The fraction of sp³-hybridized carbons (Fsp3) is 0.458. The summed E-state index contributed by atoms with van der Waals surface area (Å²) < 4.78 is 39.2. The van der Waals surface area contributed by atoms with Crippen molar-refractivity contribution in [2.24, 2.45) is 0 Å². The number of carbonyl (C=O) groups excluding carboxylic acids is 1. The number of likely N-dealkylation sites (tertiary alicyclic amines) is 1. The van der Waals surface area contributed by atoms with Crippen LogP contribution in [0.4, 0.5) is 0 Å². The lowest BCUT2D eigenvalue weighted by Gasteiger charge is -2.28. The molecular weight excluding hydrogens is 464 g/mol. The van der Waals surface area contributed by atoms with E-state index in [0.717, 1.165) is 37.7 Å². The van der Waals surface area contributed by atoms with Gasteiger partial charge in [-0.05, 0) is 61.6 Å². The number of carbonyl (C=O) groups is 1. The molecule has 176 valence electrons. The Morgan fingerprint density at radius 1 is 0.909 bits per heavy atom. The minimum Gasteiger partial charge on any atom is -0.486 e. The molecule has 0 aromatic heterocycles. The third-order valence-electron chi connectivity index (χ3n) is 6.58. The highest BCUT2D eigenvalue weighted by Gasteiger charge is 2.33. The number of hydrogen-bond donors (Lipinski definition) is 0. The predicted octanol–water partition coefficient (Wildman–Crippen LogP) is 4.26. The molecule has 33 heavy (non-hydrogen) atoms. The molecule has 0 bridgehead atoms. The van der Waals surface area contributed by atoms with Crippen LogP contribution in [0.3, 0.4) is 0 Å². The summed E-state index contributed by atoms with van der Waals surface area (Å²) in [6, 6.07) is 10.3. The number of halogens is 1. The number of hydrogen-bond acceptors (Lipinski definition) is 5. The molecule has 9 heteroatoms. The fourth-order valence-corrected chi connectivity index (χ4v) is 6.89. The molecule has 2 aromatic carbocycles. The van der Waals surface area contributed by atoms with Crippen molar-refractivity contribution >= 4 is 27.5 Å². The molecule has 0 unspecified atom stereocenters. The molecule has 0 saturated carbocycles. The SMILES string of the molecule is O=C(c1ccc(Cl)c(S(=O)(=O)N2CCCCC2)c1)N1CCC[C@@H]1c1ccc2c(c1)OCCO2. The smallest absolute Gasteiger partial charge is 0.254 e. The molecule has 1 amide bonds. The highest BCUT2D eigenvalue weighted by atomic mass is 35.5. The van der Waals surface area contributed by atoms with Crippen LogP contribution in [-0.4, -0.2) is 56.4 Å². The van der Waals surface area contributed by atoms with E-state index in [-0.39, 0.29) is 21.9 Å². The lowest BCUT2D eigenvalue weighted by atomic mass is 10.0. The summed E-state index contributed by atoms with van der Waals surface area (Å²) in [4.78, 5) is 15.3. The van der Waals surface area contributed by atoms with Crippen LogP contribution in [0, 0.1) is 0 Å². The number of sulfonamides is 1. The van der Waals surface area contributed by atoms with Crippen molar-refractivity contribution in [3.05, 3.63) is 52.5 Å². The van der Waals surface area contributed by atoms with E-state index < -0.39 is 10.0 Å². The summed E-state index contributed by atoms with van der Waals surface area (Å²) in [7, 11) is -3.75. The standard InChI is InChI=1S/C24H27ClN2O5S/c25-19-8-6-18(16-23(19)33(29,30)26-10-2-1-3-11-26)24(28)27-12-4-5-20(27)17-7-9-21-22(15-17)32-14-13-31-21/h6-9,15-16,20H,1-5,10-14H2/t20-/m1/s1.